The summed E-state index contributed by atoms with van der Waals surface area (Å²) in [7, 11) is 2.58. The van der Waals surface area contributed by atoms with Gasteiger partial charge in [0.1, 0.15) is 18.2 Å². The summed E-state index contributed by atoms with van der Waals surface area (Å²) in [6, 6.07) is 23.0. The van der Waals surface area contributed by atoms with Gasteiger partial charge in [-0.25, -0.2) is 14.0 Å². The number of hydrogen-bond acceptors (Lipinski definition) is 6. The van der Waals surface area contributed by atoms with Crippen molar-refractivity contribution >= 4 is 64.5 Å². The van der Waals surface area contributed by atoms with Gasteiger partial charge in [-0.1, -0.05) is 40.9 Å². The fourth-order valence-electron chi connectivity index (χ4n) is 3.15. The standard InChI is InChI=1S/C15H12ClFO3.C9H8O3.C6H3ClF.BrH.Mg/c1-20-15(19)10-4-2-3-9(5-10)14(18)11-6-12(16)8-13(17)7-11;1-12-9(11)8-4-2-3-7(5-8)6-10;7-5-2-1-3-6(8)4-5;;/h2-8,14,18H,1H3;2-6H,1H3;2-4H;1H;/q;;-1;;+2/p-1. The van der Waals surface area contributed by atoms with Gasteiger partial charge < -0.3 is 31.6 Å². The summed E-state index contributed by atoms with van der Waals surface area (Å²) >= 11 is 11.1. The van der Waals surface area contributed by atoms with Gasteiger partial charge in [-0.2, -0.15) is 23.7 Å². The number of hydrogen-bond donors (Lipinski definition) is 1. The molecule has 0 saturated carbocycles. The number of carbonyl (C=O) groups is 3. The van der Waals surface area contributed by atoms with Gasteiger partial charge >= 0.3 is 35.0 Å². The fraction of sp³-hybridized carbons (Fsp3) is 0.100. The zero-order valence-electron chi connectivity index (χ0n) is 22.3. The zero-order chi connectivity index (χ0) is 29.7. The van der Waals surface area contributed by atoms with E-state index in [0.29, 0.717) is 39.1 Å². The minimum absolute atomic E-state index is 0. The van der Waals surface area contributed by atoms with Gasteiger partial charge in [-0.05, 0) is 53.6 Å². The molecular formula is C30H23BrCl2F2MgO6. The first-order valence-corrected chi connectivity index (χ1v) is 12.1. The van der Waals surface area contributed by atoms with Crippen LogP contribution in [0.5, 0.6) is 0 Å². The Balaban J connectivity index is 0.000000652. The predicted molar refractivity (Wildman–Crippen MR) is 152 cm³/mol. The molecule has 42 heavy (non-hydrogen) atoms. The first-order valence-electron chi connectivity index (χ1n) is 11.4. The molecule has 0 heterocycles. The third-order valence-corrected chi connectivity index (χ3v) is 5.42. The van der Waals surface area contributed by atoms with Gasteiger partial charge in [0.15, 0.2) is 0 Å². The molecule has 0 aliphatic carbocycles. The number of aliphatic hydroxyl groups excluding tert-OH is 1. The number of aliphatic hydroxyl groups is 1. The van der Waals surface area contributed by atoms with Crippen molar-refractivity contribution in [3.05, 3.63) is 140 Å². The Bertz CT molecular complexity index is 1440. The molecule has 0 aliphatic heterocycles. The van der Waals surface area contributed by atoms with Crippen LogP contribution in [0.4, 0.5) is 8.78 Å². The van der Waals surface area contributed by atoms with Crippen LogP contribution >= 0.6 is 23.2 Å². The van der Waals surface area contributed by atoms with E-state index >= 15 is 0 Å². The third kappa shape index (κ3) is 13.0. The third-order valence-electron chi connectivity index (χ3n) is 4.99. The van der Waals surface area contributed by atoms with Crippen molar-refractivity contribution in [2.75, 3.05) is 14.2 Å². The van der Waals surface area contributed by atoms with Gasteiger partial charge in [-0.15, -0.1) is 12.1 Å². The van der Waals surface area contributed by atoms with Gasteiger partial charge in [0.2, 0.25) is 0 Å². The van der Waals surface area contributed by atoms with Crippen molar-refractivity contribution in [1.29, 1.82) is 0 Å². The molecule has 6 nitrogen and oxygen atoms in total. The second-order valence-electron chi connectivity index (χ2n) is 7.83. The van der Waals surface area contributed by atoms with Crippen LogP contribution in [0.1, 0.15) is 48.3 Å². The van der Waals surface area contributed by atoms with Crippen LogP contribution in [-0.4, -0.2) is 60.6 Å². The maximum Gasteiger partial charge on any atom is 2.00 e. The molecule has 12 heteroatoms. The monoisotopic (exact) mass is 690 g/mol. The molecule has 1 atom stereocenters. The Morgan fingerprint density at radius 2 is 1.38 bits per heavy atom. The number of methoxy groups -OCH3 is 2. The Morgan fingerprint density at radius 1 is 0.810 bits per heavy atom. The SMILES string of the molecule is COC(=O)c1cccc(C(O)c2cc(F)cc(Cl)c2)c1.COC(=O)c1cccc(C=O)c1.Fc1c[c-]cc(Cl)c1.[Br-].[Mg+2]. The minimum Gasteiger partial charge on any atom is -1.00 e. The molecule has 0 radical (unpaired) electrons. The molecule has 4 aromatic carbocycles. The summed E-state index contributed by atoms with van der Waals surface area (Å²) in [4.78, 5) is 32.7. The first kappa shape index (κ1) is 39.1. The van der Waals surface area contributed by atoms with Gasteiger partial charge in [-0.3, -0.25) is 9.18 Å². The predicted octanol–water partition coefficient (Wildman–Crippen LogP) is 3.54. The Hall–Kier alpha value is -2.86. The Kier molecular flexibility index (Phi) is 18.7. The number of aldehydes is 1. The van der Waals surface area contributed by atoms with Gasteiger partial charge in [0.05, 0.1) is 25.3 Å². The van der Waals surface area contributed by atoms with E-state index in [9.17, 15) is 28.3 Å². The molecule has 0 spiro atoms. The summed E-state index contributed by atoms with van der Waals surface area (Å²) in [5, 5.41) is 10.8. The number of benzene rings is 4. The summed E-state index contributed by atoms with van der Waals surface area (Å²) in [6.07, 6.45) is -0.389. The van der Waals surface area contributed by atoms with Crippen molar-refractivity contribution in [2.45, 2.75) is 6.10 Å². The van der Waals surface area contributed by atoms with E-state index in [4.69, 9.17) is 23.2 Å². The minimum atomic E-state index is -1.08. The summed E-state index contributed by atoms with van der Waals surface area (Å²) in [6.45, 7) is 0. The molecule has 0 aliphatic rings. The number of rotatable bonds is 5. The van der Waals surface area contributed by atoms with Crippen molar-refractivity contribution in [3.63, 3.8) is 0 Å². The number of ether oxygens (including phenoxy) is 2. The molecule has 0 saturated heterocycles. The molecule has 216 valence electrons. The molecule has 0 amide bonds. The van der Waals surface area contributed by atoms with E-state index in [1.807, 2.05) is 0 Å². The van der Waals surface area contributed by atoms with E-state index < -0.39 is 23.9 Å². The Labute approximate surface area is 278 Å². The molecule has 4 rings (SSSR count). The average Bonchev–Trinajstić information content (AvgIpc) is 2.96. The molecule has 0 bridgehead atoms. The second-order valence-corrected chi connectivity index (χ2v) is 8.70. The van der Waals surface area contributed by atoms with Crippen molar-refractivity contribution < 1.29 is 54.7 Å². The molecule has 1 unspecified atom stereocenters. The van der Waals surface area contributed by atoms with E-state index in [0.717, 1.165) is 6.07 Å². The van der Waals surface area contributed by atoms with Crippen molar-refractivity contribution in [2.24, 2.45) is 0 Å². The normalized spacial score (nSPS) is 10.1. The van der Waals surface area contributed by atoms with Gasteiger partial charge in [0, 0.05) is 16.4 Å². The first-order chi connectivity index (χ1) is 19.1. The number of esters is 2. The fourth-order valence-corrected chi connectivity index (χ4v) is 3.55. The van der Waals surface area contributed by atoms with E-state index in [1.54, 1.807) is 36.4 Å². The number of carbonyl (C=O) groups excluding carboxylic acids is 3. The van der Waals surface area contributed by atoms with Crippen LogP contribution in [-0.2, 0) is 9.47 Å². The van der Waals surface area contributed by atoms with Crippen LogP contribution in [0.25, 0.3) is 0 Å². The molecule has 0 fully saturated rings. The largest absolute Gasteiger partial charge is 2.00 e. The van der Waals surface area contributed by atoms with Gasteiger partial charge in [0.25, 0.3) is 0 Å². The molecule has 0 aromatic heterocycles. The zero-order valence-corrected chi connectivity index (χ0v) is 26.8. The second kappa shape index (κ2) is 20.1. The molecular weight excluding hydrogens is 669 g/mol. The van der Waals surface area contributed by atoms with Crippen LogP contribution in [0, 0.1) is 17.7 Å². The maximum atomic E-state index is 13.3. The number of halogens is 5. The van der Waals surface area contributed by atoms with Crippen LogP contribution in [0.3, 0.4) is 0 Å². The summed E-state index contributed by atoms with van der Waals surface area (Å²) < 4.78 is 34.4. The van der Waals surface area contributed by atoms with Crippen molar-refractivity contribution in [3.8, 4) is 0 Å². The molecule has 4 aromatic rings. The smallest absolute Gasteiger partial charge is 1.00 e. The maximum absolute atomic E-state index is 13.3. The topological polar surface area (TPSA) is 89.9 Å². The summed E-state index contributed by atoms with van der Waals surface area (Å²) in [5.41, 5.74) is 1.94. The molecule has 1 N–H and O–H groups in total. The summed E-state index contributed by atoms with van der Waals surface area (Å²) in [5.74, 6) is -1.82. The van der Waals surface area contributed by atoms with Crippen LogP contribution in [0.2, 0.25) is 10.0 Å². The van der Waals surface area contributed by atoms with E-state index in [-0.39, 0.29) is 50.9 Å². The quantitative estimate of drug-likeness (QED) is 0.149. The van der Waals surface area contributed by atoms with E-state index in [1.165, 1.54) is 56.7 Å². The van der Waals surface area contributed by atoms with Crippen molar-refractivity contribution in [1.82, 2.24) is 0 Å². The van der Waals surface area contributed by atoms with E-state index in [2.05, 4.69) is 15.5 Å². The Morgan fingerprint density at radius 3 is 1.88 bits per heavy atom. The van der Waals surface area contributed by atoms with Crippen LogP contribution < -0.4 is 17.0 Å². The van der Waals surface area contributed by atoms with Crippen LogP contribution in [0.15, 0.2) is 84.9 Å². The average molecular weight is 693 g/mol.